The molecule has 0 spiro atoms. The third kappa shape index (κ3) is 3.98. The zero-order valence-electron chi connectivity index (χ0n) is 13.0. The molecule has 1 aromatic carbocycles. The molecule has 4 N–H and O–H groups in total. The van der Waals surface area contributed by atoms with Gasteiger partial charge in [-0.25, -0.2) is 0 Å². The first-order valence-electron chi connectivity index (χ1n) is 7.81. The predicted molar refractivity (Wildman–Crippen MR) is 93.5 cm³/mol. The molecule has 6 heteroatoms. The Kier molecular flexibility index (Phi) is 4.73. The van der Waals surface area contributed by atoms with Crippen molar-refractivity contribution in [3.8, 4) is 5.69 Å². The SMILES string of the molecule is NC(N)=N/N=C/C1CCCN1Cc1ccn(-c2ccccc2)c1. The highest BCUT2D eigenvalue weighted by atomic mass is 15.3. The van der Waals surface area contributed by atoms with Crippen molar-refractivity contribution in [1.29, 1.82) is 0 Å². The van der Waals surface area contributed by atoms with Gasteiger partial charge in [0.15, 0.2) is 0 Å². The molecule has 6 nitrogen and oxygen atoms in total. The molecule has 2 aromatic rings. The first kappa shape index (κ1) is 15.3. The zero-order chi connectivity index (χ0) is 16.1. The monoisotopic (exact) mass is 310 g/mol. The highest BCUT2D eigenvalue weighted by Gasteiger charge is 2.23. The van der Waals surface area contributed by atoms with Crippen molar-refractivity contribution in [2.45, 2.75) is 25.4 Å². The maximum atomic E-state index is 5.29. The molecule has 3 rings (SSSR count). The summed E-state index contributed by atoms with van der Waals surface area (Å²) in [5.41, 5.74) is 13.0. The standard InChI is InChI=1S/C17H22N6/c18-17(19)21-20-11-16-7-4-9-22(16)12-14-8-10-23(13-14)15-5-2-1-3-6-15/h1-3,5-6,8,10-11,13,16H,4,7,9,12H2,(H4,18,19,21)/b20-11+. The summed E-state index contributed by atoms with van der Waals surface area (Å²) >= 11 is 0. The van der Waals surface area contributed by atoms with Crippen LogP contribution in [0.3, 0.4) is 0 Å². The summed E-state index contributed by atoms with van der Waals surface area (Å²) in [5.74, 6) is -0.00858. The Labute approximate surface area is 136 Å². The molecular weight excluding hydrogens is 288 g/mol. The average Bonchev–Trinajstić information content (AvgIpc) is 3.18. The fourth-order valence-corrected chi connectivity index (χ4v) is 2.92. The molecule has 120 valence electrons. The zero-order valence-corrected chi connectivity index (χ0v) is 13.0. The summed E-state index contributed by atoms with van der Waals surface area (Å²) in [6, 6.07) is 12.8. The van der Waals surface area contributed by atoms with Crippen LogP contribution in [0.5, 0.6) is 0 Å². The Morgan fingerprint density at radius 2 is 2.04 bits per heavy atom. The first-order valence-corrected chi connectivity index (χ1v) is 7.81. The van der Waals surface area contributed by atoms with Gasteiger partial charge in [0.2, 0.25) is 5.96 Å². The summed E-state index contributed by atoms with van der Waals surface area (Å²) in [7, 11) is 0. The molecule has 1 atom stereocenters. The van der Waals surface area contributed by atoms with Gasteiger partial charge in [0.1, 0.15) is 0 Å². The molecule has 1 fully saturated rings. The van der Waals surface area contributed by atoms with Crippen LogP contribution in [0.1, 0.15) is 18.4 Å². The van der Waals surface area contributed by atoms with Gasteiger partial charge in [0.25, 0.3) is 0 Å². The molecule has 1 unspecified atom stereocenters. The van der Waals surface area contributed by atoms with E-state index < -0.39 is 0 Å². The fourth-order valence-electron chi connectivity index (χ4n) is 2.92. The number of nitrogens with zero attached hydrogens (tertiary/aromatic N) is 4. The Bertz CT molecular complexity index is 684. The molecule has 0 aliphatic carbocycles. The number of para-hydroxylation sites is 1. The second-order valence-electron chi connectivity index (χ2n) is 5.73. The Morgan fingerprint density at radius 3 is 2.83 bits per heavy atom. The van der Waals surface area contributed by atoms with Gasteiger partial charge in [-0.1, -0.05) is 18.2 Å². The number of aromatic nitrogens is 1. The summed E-state index contributed by atoms with van der Waals surface area (Å²) in [6.07, 6.45) is 8.36. The molecule has 1 aliphatic rings. The van der Waals surface area contributed by atoms with E-state index in [1.54, 1.807) is 0 Å². The van der Waals surface area contributed by atoms with Gasteiger partial charge in [-0.05, 0) is 43.1 Å². The molecule has 1 aromatic heterocycles. The van der Waals surface area contributed by atoms with E-state index in [0.29, 0.717) is 0 Å². The van der Waals surface area contributed by atoms with Gasteiger partial charge in [0.05, 0.1) is 0 Å². The van der Waals surface area contributed by atoms with Crippen LogP contribution in [0.15, 0.2) is 59.0 Å². The molecule has 0 amide bonds. The van der Waals surface area contributed by atoms with E-state index in [1.165, 1.54) is 11.3 Å². The fraction of sp³-hybridized carbons (Fsp3) is 0.294. The third-order valence-corrected chi connectivity index (χ3v) is 4.02. The van der Waals surface area contributed by atoms with Crippen molar-refractivity contribution in [1.82, 2.24) is 9.47 Å². The Morgan fingerprint density at radius 1 is 1.22 bits per heavy atom. The lowest BCUT2D eigenvalue weighted by Gasteiger charge is -2.20. The van der Waals surface area contributed by atoms with E-state index in [1.807, 2.05) is 24.4 Å². The lowest BCUT2D eigenvalue weighted by Crippen LogP contribution is -2.30. The Hall–Kier alpha value is -2.60. The molecule has 0 bridgehead atoms. The van der Waals surface area contributed by atoms with Crippen LogP contribution in [-0.4, -0.2) is 34.2 Å². The van der Waals surface area contributed by atoms with Gasteiger partial charge in [-0.15, -0.1) is 5.10 Å². The van der Waals surface area contributed by atoms with Crippen LogP contribution in [0.4, 0.5) is 0 Å². The van der Waals surface area contributed by atoms with Crippen molar-refractivity contribution in [2.75, 3.05) is 6.54 Å². The molecule has 2 heterocycles. The number of likely N-dealkylation sites (tertiary alicyclic amines) is 1. The van der Waals surface area contributed by atoms with E-state index >= 15 is 0 Å². The van der Waals surface area contributed by atoms with Gasteiger partial charge >= 0.3 is 0 Å². The molecule has 1 aliphatic heterocycles. The minimum atomic E-state index is -0.00858. The van der Waals surface area contributed by atoms with E-state index in [9.17, 15) is 0 Å². The van der Waals surface area contributed by atoms with Crippen molar-refractivity contribution >= 4 is 12.2 Å². The second kappa shape index (κ2) is 7.11. The molecular formula is C17H22N6. The summed E-state index contributed by atoms with van der Waals surface area (Å²) in [4.78, 5) is 2.40. The summed E-state index contributed by atoms with van der Waals surface area (Å²) in [5, 5.41) is 7.65. The lowest BCUT2D eigenvalue weighted by molar-refractivity contribution is 0.297. The van der Waals surface area contributed by atoms with Crippen LogP contribution in [0.2, 0.25) is 0 Å². The van der Waals surface area contributed by atoms with Crippen LogP contribution < -0.4 is 11.5 Å². The number of benzene rings is 1. The number of hydrogen-bond acceptors (Lipinski definition) is 3. The van der Waals surface area contributed by atoms with E-state index in [-0.39, 0.29) is 12.0 Å². The summed E-state index contributed by atoms with van der Waals surface area (Å²) in [6.45, 7) is 1.97. The smallest absolute Gasteiger partial charge is 0.211 e. The molecule has 0 saturated carbocycles. The third-order valence-electron chi connectivity index (χ3n) is 4.02. The number of rotatable bonds is 5. The van der Waals surface area contributed by atoms with Crippen LogP contribution in [-0.2, 0) is 6.54 Å². The minimum Gasteiger partial charge on any atom is -0.369 e. The maximum absolute atomic E-state index is 5.29. The number of guanidine groups is 1. The first-order chi connectivity index (χ1) is 11.2. The van der Waals surface area contributed by atoms with Gasteiger partial charge in [0, 0.05) is 36.9 Å². The Balaban J connectivity index is 1.66. The van der Waals surface area contributed by atoms with Crippen molar-refractivity contribution in [3.05, 3.63) is 54.4 Å². The summed E-state index contributed by atoms with van der Waals surface area (Å²) < 4.78 is 2.15. The largest absolute Gasteiger partial charge is 0.369 e. The van der Waals surface area contributed by atoms with Crippen LogP contribution in [0.25, 0.3) is 5.69 Å². The topological polar surface area (TPSA) is 84.9 Å². The maximum Gasteiger partial charge on any atom is 0.211 e. The molecule has 1 saturated heterocycles. The minimum absolute atomic E-state index is 0.00858. The van der Waals surface area contributed by atoms with Crippen molar-refractivity contribution < 1.29 is 0 Å². The highest BCUT2D eigenvalue weighted by molar-refractivity contribution is 5.76. The number of nitrogens with two attached hydrogens (primary N) is 2. The highest BCUT2D eigenvalue weighted by Crippen LogP contribution is 2.20. The number of hydrogen-bond donors (Lipinski definition) is 2. The van der Waals surface area contributed by atoms with Crippen molar-refractivity contribution in [3.63, 3.8) is 0 Å². The molecule has 23 heavy (non-hydrogen) atoms. The van der Waals surface area contributed by atoms with E-state index in [2.05, 4.69) is 50.3 Å². The van der Waals surface area contributed by atoms with Crippen LogP contribution in [0, 0.1) is 0 Å². The predicted octanol–water partition coefficient (Wildman–Crippen LogP) is 1.70. The molecule has 0 radical (unpaired) electrons. The van der Waals surface area contributed by atoms with Crippen LogP contribution >= 0.6 is 0 Å². The van der Waals surface area contributed by atoms with Gasteiger partial charge < -0.3 is 16.0 Å². The average molecular weight is 310 g/mol. The van der Waals surface area contributed by atoms with Gasteiger partial charge in [-0.2, -0.15) is 5.10 Å². The van der Waals surface area contributed by atoms with E-state index in [4.69, 9.17) is 11.5 Å². The quantitative estimate of drug-likeness (QED) is 0.501. The second-order valence-corrected chi connectivity index (χ2v) is 5.73. The van der Waals surface area contributed by atoms with Crippen molar-refractivity contribution in [2.24, 2.45) is 21.7 Å². The normalized spacial score (nSPS) is 18.5. The van der Waals surface area contributed by atoms with Gasteiger partial charge in [-0.3, -0.25) is 4.90 Å². The van der Waals surface area contributed by atoms with E-state index in [0.717, 1.165) is 25.9 Å². The lowest BCUT2D eigenvalue weighted by atomic mass is 10.2.